The molecule has 0 radical (unpaired) electrons. The lowest BCUT2D eigenvalue weighted by molar-refractivity contribution is 0.0648. The Kier molecular flexibility index (Phi) is 5.71. The van der Waals surface area contributed by atoms with Crippen molar-refractivity contribution in [2.75, 3.05) is 11.5 Å². The van der Waals surface area contributed by atoms with Crippen LogP contribution < -0.4 is 5.43 Å². The third-order valence-corrected chi connectivity index (χ3v) is 7.51. The van der Waals surface area contributed by atoms with E-state index in [2.05, 4.69) is 13.8 Å². The molecule has 7 heteroatoms. The van der Waals surface area contributed by atoms with Crippen molar-refractivity contribution in [1.82, 2.24) is 4.90 Å². The zero-order valence-corrected chi connectivity index (χ0v) is 18.4. The Morgan fingerprint density at radius 2 is 1.84 bits per heavy atom. The fourth-order valence-corrected chi connectivity index (χ4v) is 5.67. The van der Waals surface area contributed by atoms with Gasteiger partial charge in [-0.15, -0.1) is 0 Å². The standard InChI is InChI=1S/C24H25NO5S/c1-16(2)18-9-7-17(8-10-18)14-25(19-11-12-31(28,29)15-19)24(27)23-13-21(26)20-5-3-4-6-22(20)30-23/h3-10,13,16,19H,11-12,14-15H2,1-2H3. The molecule has 1 saturated heterocycles. The molecule has 162 valence electrons. The molecule has 0 aliphatic carbocycles. The summed E-state index contributed by atoms with van der Waals surface area (Å²) in [4.78, 5) is 27.4. The first-order chi connectivity index (χ1) is 14.7. The summed E-state index contributed by atoms with van der Waals surface area (Å²) in [7, 11) is -3.20. The van der Waals surface area contributed by atoms with E-state index < -0.39 is 21.8 Å². The second kappa shape index (κ2) is 8.30. The van der Waals surface area contributed by atoms with Gasteiger partial charge in [0.25, 0.3) is 5.91 Å². The SMILES string of the molecule is CC(C)c1ccc(CN(C(=O)c2cc(=O)c3ccccc3o2)C2CCS(=O)(=O)C2)cc1. The maximum atomic E-state index is 13.4. The van der Waals surface area contributed by atoms with E-state index in [1.165, 1.54) is 16.5 Å². The Bertz CT molecular complexity index is 1280. The molecular formula is C24H25NO5S. The van der Waals surface area contributed by atoms with Gasteiger partial charge in [0.05, 0.1) is 16.9 Å². The van der Waals surface area contributed by atoms with E-state index in [1.807, 2.05) is 24.3 Å². The van der Waals surface area contributed by atoms with E-state index in [0.29, 0.717) is 23.3 Å². The molecule has 6 nitrogen and oxygen atoms in total. The van der Waals surface area contributed by atoms with Gasteiger partial charge in [0.1, 0.15) is 5.58 Å². The molecule has 0 saturated carbocycles. The molecule has 0 spiro atoms. The number of benzene rings is 2. The lowest BCUT2D eigenvalue weighted by atomic mass is 10.0. The minimum Gasteiger partial charge on any atom is -0.451 e. The van der Waals surface area contributed by atoms with E-state index in [9.17, 15) is 18.0 Å². The molecule has 1 aromatic heterocycles. The van der Waals surface area contributed by atoms with E-state index in [4.69, 9.17) is 4.42 Å². The molecule has 1 unspecified atom stereocenters. The van der Waals surface area contributed by atoms with Crippen LogP contribution in [0.4, 0.5) is 0 Å². The molecule has 1 amide bonds. The van der Waals surface area contributed by atoms with Gasteiger partial charge < -0.3 is 9.32 Å². The maximum absolute atomic E-state index is 13.4. The third kappa shape index (κ3) is 4.56. The lowest BCUT2D eigenvalue weighted by Crippen LogP contribution is -2.40. The molecule has 31 heavy (non-hydrogen) atoms. The number of carbonyl (C=O) groups is 1. The normalized spacial score (nSPS) is 17.8. The van der Waals surface area contributed by atoms with Crippen LogP contribution in [0.25, 0.3) is 11.0 Å². The fourth-order valence-electron chi connectivity index (χ4n) is 3.94. The van der Waals surface area contributed by atoms with Crippen LogP contribution in [0.2, 0.25) is 0 Å². The van der Waals surface area contributed by atoms with E-state index >= 15 is 0 Å². The Morgan fingerprint density at radius 3 is 2.48 bits per heavy atom. The number of para-hydroxylation sites is 1. The molecule has 0 N–H and O–H groups in total. The number of carbonyl (C=O) groups excluding carboxylic acids is 1. The van der Waals surface area contributed by atoms with Gasteiger partial charge in [-0.3, -0.25) is 9.59 Å². The summed E-state index contributed by atoms with van der Waals surface area (Å²) >= 11 is 0. The summed E-state index contributed by atoms with van der Waals surface area (Å²) < 4.78 is 29.9. The number of fused-ring (bicyclic) bond motifs is 1. The molecule has 3 aromatic rings. The fraction of sp³-hybridized carbons (Fsp3) is 0.333. The number of hydrogen-bond donors (Lipinski definition) is 0. The van der Waals surface area contributed by atoms with Crippen LogP contribution in [-0.4, -0.2) is 36.8 Å². The highest BCUT2D eigenvalue weighted by Crippen LogP contribution is 2.24. The number of nitrogens with zero attached hydrogens (tertiary/aromatic N) is 1. The Balaban J connectivity index is 1.70. The van der Waals surface area contributed by atoms with Crippen LogP contribution in [0.5, 0.6) is 0 Å². The van der Waals surface area contributed by atoms with Crippen molar-refractivity contribution >= 4 is 26.7 Å². The third-order valence-electron chi connectivity index (χ3n) is 5.75. The van der Waals surface area contributed by atoms with Crippen molar-refractivity contribution in [3.63, 3.8) is 0 Å². The minimum absolute atomic E-state index is 0.0510. The van der Waals surface area contributed by atoms with E-state index in [0.717, 1.165) is 5.56 Å². The molecule has 2 heterocycles. The summed E-state index contributed by atoms with van der Waals surface area (Å²) in [6.07, 6.45) is 0.371. The topological polar surface area (TPSA) is 84.7 Å². The van der Waals surface area contributed by atoms with Crippen LogP contribution in [0.3, 0.4) is 0 Å². The van der Waals surface area contributed by atoms with Crippen molar-refractivity contribution in [3.8, 4) is 0 Å². The molecule has 2 aromatic carbocycles. The van der Waals surface area contributed by atoms with Gasteiger partial charge in [0.2, 0.25) is 0 Å². The highest BCUT2D eigenvalue weighted by molar-refractivity contribution is 7.91. The van der Waals surface area contributed by atoms with Gasteiger partial charge in [0, 0.05) is 18.7 Å². The molecule has 0 bridgehead atoms. The Morgan fingerprint density at radius 1 is 1.13 bits per heavy atom. The Labute approximate surface area is 181 Å². The molecule has 4 rings (SSSR count). The molecule has 1 atom stereocenters. The summed E-state index contributed by atoms with van der Waals surface area (Å²) in [5.74, 6) is -0.195. The largest absolute Gasteiger partial charge is 0.451 e. The summed E-state index contributed by atoms with van der Waals surface area (Å²) in [6, 6.07) is 15.4. The second-order valence-electron chi connectivity index (χ2n) is 8.36. The predicted octanol–water partition coefficient (Wildman–Crippen LogP) is 3.75. The zero-order valence-electron chi connectivity index (χ0n) is 17.6. The minimum atomic E-state index is -3.20. The summed E-state index contributed by atoms with van der Waals surface area (Å²) in [6.45, 7) is 4.46. The van der Waals surface area contributed by atoms with Crippen molar-refractivity contribution in [3.05, 3.63) is 81.7 Å². The zero-order chi connectivity index (χ0) is 22.2. The summed E-state index contributed by atoms with van der Waals surface area (Å²) in [5, 5.41) is 0.401. The molecular weight excluding hydrogens is 414 g/mol. The van der Waals surface area contributed by atoms with Gasteiger partial charge in [0.15, 0.2) is 21.0 Å². The van der Waals surface area contributed by atoms with Crippen LogP contribution in [-0.2, 0) is 16.4 Å². The first-order valence-corrected chi connectivity index (χ1v) is 12.2. The Hall–Kier alpha value is -2.93. The van der Waals surface area contributed by atoms with Gasteiger partial charge in [-0.25, -0.2) is 8.42 Å². The molecule has 1 aliphatic heterocycles. The van der Waals surface area contributed by atoms with Crippen LogP contribution in [0.1, 0.15) is 47.9 Å². The smallest absolute Gasteiger partial charge is 0.290 e. The summed E-state index contributed by atoms with van der Waals surface area (Å²) in [5.41, 5.74) is 2.11. The second-order valence-corrected chi connectivity index (χ2v) is 10.6. The number of amides is 1. The average Bonchev–Trinajstić information content (AvgIpc) is 3.11. The van der Waals surface area contributed by atoms with Crippen LogP contribution in [0.15, 0.2) is 63.8 Å². The van der Waals surface area contributed by atoms with Crippen molar-refractivity contribution in [1.29, 1.82) is 0 Å². The first-order valence-electron chi connectivity index (χ1n) is 10.4. The van der Waals surface area contributed by atoms with E-state index in [-0.39, 0.29) is 29.2 Å². The van der Waals surface area contributed by atoms with Gasteiger partial charge in [-0.05, 0) is 35.6 Å². The lowest BCUT2D eigenvalue weighted by Gasteiger charge is -2.28. The van der Waals surface area contributed by atoms with Crippen molar-refractivity contribution in [2.45, 2.75) is 38.8 Å². The van der Waals surface area contributed by atoms with Crippen LogP contribution >= 0.6 is 0 Å². The number of sulfone groups is 1. The molecule has 1 aliphatic rings. The first kappa shape index (κ1) is 21.3. The molecule has 1 fully saturated rings. The van der Waals surface area contributed by atoms with E-state index in [1.54, 1.807) is 24.3 Å². The van der Waals surface area contributed by atoms with Gasteiger partial charge in [-0.1, -0.05) is 50.2 Å². The quantitative estimate of drug-likeness (QED) is 0.605. The van der Waals surface area contributed by atoms with Crippen molar-refractivity contribution < 1.29 is 17.6 Å². The maximum Gasteiger partial charge on any atom is 0.290 e. The average molecular weight is 440 g/mol. The van der Waals surface area contributed by atoms with Gasteiger partial charge in [-0.2, -0.15) is 0 Å². The highest BCUT2D eigenvalue weighted by Gasteiger charge is 2.36. The number of hydrogen-bond acceptors (Lipinski definition) is 5. The number of rotatable bonds is 5. The highest BCUT2D eigenvalue weighted by atomic mass is 32.2. The van der Waals surface area contributed by atoms with Gasteiger partial charge >= 0.3 is 0 Å². The van der Waals surface area contributed by atoms with Crippen LogP contribution in [0, 0.1) is 0 Å². The monoisotopic (exact) mass is 439 g/mol. The van der Waals surface area contributed by atoms with Crippen molar-refractivity contribution in [2.24, 2.45) is 0 Å². The predicted molar refractivity (Wildman–Crippen MR) is 120 cm³/mol.